The Kier molecular flexibility index (Phi) is 11.5. The number of benzene rings is 1. The average Bonchev–Trinajstić information content (AvgIpc) is 2.83. The number of nitrogens with one attached hydrogen (secondary N) is 1. The molecule has 1 fully saturated rings. The highest BCUT2D eigenvalue weighted by Gasteiger charge is 2.15. The summed E-state index contributed by atoms with van der Waals surface area (Å²) in [6.45, 7) is 14.5. The highest BCUT2D eigenvalue weighted by atomic mass is 32.2. The third-order valence-electron chi connectivity index (χ3n) is 6.33. The lowest BCUT2D eigenvalue weighted by Gasteiger charge is -2.22. The fourth-order valence-electron chi connectivity index (χ4n) is 3.64. The lowest BCUT2D eigenvalue weighted by atomic mass is 9.91. The molecule has 5 heteroatoms. The Balaban J connectivity index is 2.08. The van der Waals surface area contributed by atoms with Gasteiger partial charge in [-0.05, 0) is 107 Å². The molecule has 0 unspecified atom stereocenters. The van der Waals surface area contributed by atoms with Gasteiger partial charge in [0.15, 0.2) is 0 Å². The van der Waals surface area contributed by atoms with Crippen molar-refractivity contribution < 1.29 is 0 Å². The van der Waals surface area contributed by atoms with Gasteiger partial charge in [-0.3, -0.25) is 4.99 Å². The molecule has 184 valence electrons. The third-order valence-corrected chi connectivity index (χ3v) is 7.71. The molecule has 1 aliphatic rings. The molecule has 34 heavy (non-hydrogen) atoms. The average molecular weight is 479 g/mol. The van der Waals surface area contributed by atoms with Crippen LogP contribution in [0, 0.1) is 23.2 Å². The Hall–Kier alpha value is -2.42. The number of hydrogen-bond acceptors (Lipinski definition) is 5. The lowest BCUT2D eigenvalue weighted by molar-refractivity contribution is 0.408. The first-order valence-corrected chi connectivity index (χ1v) is 13.3. The second kappa shape index (κ2) is 14.1. The normalized spacial score (nSPS) is 15.4. The third kappa shape index (κ3) is 9.83. The molecular formula is C29H42N4S. The van der Waals surface area contributed by atoms with Crippen molar-refractivity contribution in [1.82, 2.24) is 5.32 Å². The van der Waals surface area contributed by atoms with E-state index >= 15 is 0 Å². The molecule has 0 spiro atoms. The van der Waals surface area contributed by atoms with E-state index in [1.807, 2.05) is 18.0 Å². The van der Waals surface area contributed by atoms with Crippen LogP contribution in [0.3, 0.4) is 0 Å². The first-order chi connectivity index (χ1) is 16.2. The maximum Gasteiger partial charge on any atom is 0.0966 e. The predicted octanol–water partition coefficient (Wildman–Crippen LogP) is 5.76. The van der Waals surface area contributed by atoms with Gasteiger partial charge in [-0.15, -0.1) is 11.8 Å². The van der Waals surface area contributed by atoms with Crippen molar-refractivity contribution in [2.45, 2.75) is 59.8 Å². The molecule has 1 heterocycles. The summed E-state index contributed by atoms with van der Waals surface area (Å²) in [5.74, 6) is 8.92. The van der Waals surface area contributed by atoms with E-state index in [0.29, 0.717) is 5.82 Å². The van der Waals surface area contributed by atoms with Crippen LogP contribution in [0.1, 0.15) is 64.5 Å². The SMILES string of the molecule is C=N/C=C(SCC1CCNCC1)/C(C)=C/C(CCc1cccc(C#CC(C)(C)CC)c1)=C(N)N. The second-order valence-corrected chi connectivity index (χ2v) is 10.7. The Labute approximate surface area is 211 Å². The van der Waals surface area contributed by atoms with E-state index in [2.05, 4.69) is 86.9 Å². The number of hydrogen-bond donors (Lipinski definition) is 3. The van der Waals surface area contributed by atoms with Crippen LogP contribution in [-0.4, -0.2) is 25.6 Å². The zero-order valence-electron chi connectivity index (χ0n) is 21.4. The van der Waals surface area contributed by atoms with Crippen molar-refractivity contribution in [2.75, 3.05) is 18.8 Å². The smallest absolute Gasteiger partial charge is 0.0966 e. The number of nitrogens with two attached hydrogens (primary N) is 2. The molecule has 5 N–H and O–H groups in total. The quantitative estimate of drug-likeness (QED) is 0.227. The summed E-state index contributed by atoms with van der Waals surface area (Å²) in [6, 6.07) is 8.45. The summed E-state index contributed by atoms with van der Waals surface area (Å²) in [4.78, 5) is 5.17. The van der Waals surface area contributed by atoms with Crippen molar-refractivity contribution in [2.24, 2.45) is 27.8 Å². The molecule has 1 aromatic carbocycles. The number of thioether (sulfide) groups is 1. The number of aryl methyl sites for hydroxylation is 1. The molecule has 0 aliphatic carbocycles. The van der Waals surface area contributed by atoms with Crippen molar-refractivity contribution in [3.8, 4) is 11.8 Å². The Morgan fingerprint density at radius 3 is 2.68 bits per heavy atom. The number of allylic oxidation sites excluding steroid dienone is 3. The van der Waals surface area contributed by atoms with Gasteiger partial charge in [0, 0.05) is 27.8 Å². The van der Waals surface area contributed by atoms with E-state index < -0.39 is 0 Å². The van der Waals surface area contributed by atoms with Gasteiger partial charge in [0.05, 0.1) is 5.82 Å². The van der Waals surface area contributed by atoms with Gasteiger partial charge in [0.1, 0.15) is 0 Å². The van der Waals surface area contributed by atoms with E-state index in [4.69, 9.17) is 11.5 Å². The van der Waals surface area contributed by atoms with Gasteiger partial charge in [-0.25, -0.2) is 0 Å². The van der Waals surface area contributed by atoms with E-state index in [1.165, 1.54) is 18.4 Å². The van der Waals surface area contributed by atoms with Gasteiger partial charge in [0.2, 0.25) is 0 Å². The topological polar surface area (TPSA) is 76.4 Å². The standard InChI is InChI=1S/C29H42N4S/c1-6-29(3,4)15-12-24-9-7-8-23(19-24)10-11-26(28(30)31)18-22(2)27(20-32-5)34-21-25-13-16-33-17-14-25/h7-9,18-20,25,33H,5-6,10-11,13-14,16-17,21,30-31H2,1-4H3/b22-18+,27-20-. The number of aliphatic imine (C=N–C) groups is 1. The van der Waals surface area contributed by atoms with E-state index in [9.17, 15) is 0 Å². The number of nitrogens with zero attached hydrogens (tertiary/aromatic N) is 1. The summed E-state index contributed by atoms with van der Waals surface area (Å²) in [5, 5.41) is 3.43. The molecular weight excluding hydrogens is 436 g/mol. The molecule has 0 atom stereocenters. The van der Waals surface area contributed by atoms with Gasteiger partial charge < -0.3 is 16.8 Å². The largest absolute Gasteiger partial charge is 0.385 e. The van der Waals surface area contributed by atoms with Crippen LogP contribution in [0.15, 0.2) is 63.4 Å². The fraction of sp³-hybridized carbons (Fsp3) is 0.483. The first-order valence-electron chi connectivity index (χ1n) is 12.3. The van der Waals surface area contributed by atoms with Crippen LogP contribution in [0.2, 0.25) is 0 Å². The Morgan fingerprint density at radius 2 is 2.03 bits per heavy atom. The van der Waals surface area contributed by atoms with Crippen molar-refractivity contribution in [1.29, 1.82) is 0 Å². The van der Waals surface area contributed by atoms with Gasteiger partial charge in [-0.1, -0.05) is 37.0 Å². The van der Waals surface area contributed by atoms with E-state index in [1.54, 1.807) is 0 Å². The van der Waals surface area contributed by atoms with Crippen LogP contribution in [0.25, 0.3) is 0 Å². The molecule has 1 aromatic rings. The minimum atomic E-state index is 0.0274. The highest BCUT2D eigenvalue weighted by Crippen LogP contribution is 2.30. The van der Waals surface area contributed by atoms with Crippen LogP contribution in [-0.2, 0) is 6.42 Å². The zero-order chi connectivity index (χ0) is 25.0. The summed E-state index contributed by atoms with van der Waals surface area (Å²) < 4.78 is 0. The summed E-state index contributed by atoms with van der Waals surface area (Å²) in [7, 11) is 0. The van der Waals surface area contributed by atoms with Crippen molar-refractivity contribution in [3.05, 3.63) is 69.5 Å². The molecule has 1 aliphatic heterocycles. The van der Waals surface area contributed by atoms with Crippen LogP contribution in [0.4, 0.5) is 0 Å². The molecule has 0 bridgehead atoms. The van der Waals surface area contributed by atoms with Gasteiger partial charge >= 0.3 is 0 Å². The highest BCUT2D eigenvalue weighted by molar-refractivity contribution is 8.03. The van der Waals surface area contributed by atoms with Gasteiger partial charge in [0.25, 0.3) is 0 Å². The minimum Gasteiger partial charge on any atom is -0.385 e. The monoisotopic (exact) mass is 478 g/mol. The van der Waals surface area contributed by atoms with Crippen LogP contribution in [0.5, 0.6) is 0 Å². The molecule has 1 saturated heterocycles. The first kappa shape index (κ1) is 27.8. The van der Waals surface area contributed by atoms with Crippen LogP contribution < -0.4 is 16.8 Å². The Bertz CT molecular complexity index is 965. The molecule has 0 amide bonds. The maximum absolute atomic E-state index is 6.08. The summed E-state index contributed by atoms with van der Waals surface area (Å²) in [6.07, 6.45) is 9.06. The fourth-order valence-corrected chi connectivity index (χ4v) is 4.82. The molecule has 2 rings (SSSR count). The molecule has 0 aromatic heterocycles. The number of rotatable bonds is 10. The zero-order valence-corrected chi connectivity index (χ0v) is 22.2. The summed E-state index contributed by atoms with van der Waals surface area (Å²) in [5.41, 5.74) is 16.5. The van der Waals surface area contributed by atoms with E-state index in [-0.39, 0.29) is 5.41 Å². The predicted molar refractivity (Wildman–Crippen MR) is 151 cm³/mol. The van der Waals surface area contributed by atoms with Crippen molar-refractivity contribution >= 4 is 18.5 Å². The minimum absolute atomic E-state index is 0.0274. The lowest BCUT2D eigenvalue weighted by Crippen LogP contribution is -2.28. The van der Waals surface area contributed by atoms with Gasteiger partial charge in [-0.2, -0.15) is 0 Å². The Morgan fingerprint density at radius 1 is 1.29 bits per heavy atom. The summed E-state index contributed by atoms with van der Waals surface area (Å²) >= 11 is 1.85. The van der Waals surface area contributed by atoms with E-state index in [0.717, 1.165) is 65.6 Å². The number of piperidine rings is 1. The van der Waals surface area contributed by atoms with Crippen LogP contribution >= 0.6 is 11.8 Å². The maximum atomic E-state index is 6.08. The molecule has 0 radical (unpaired) electrons. The van der Waals surface area contributed by atoms with Crippen molar-refractivity contribution in [3.63, 3.8) is 0 Å². The second-order valence-electron chi connectivity index (χ2n) is 9.68. The molecule has 4 nitrogen and oxygen atoms in total. The molecule has 0 saturated carbocycles.